The van der Waals surface area contributed by atoms with Crippen molar-refractivity contribution in [2.45, 2.75) is 6.04 Å². The van der Waals surface area contributed by atoms with Gasteiger partial charge in [0.05, 0.1) is 5.69 Å². The summed E-state index contributed by atoms with van der Waals surface area (Å²) in [5.41, 5.74) is 0.941. The number of benzene rings is 2. The van der Waals surface area contributed by atoms with Crippen LogP contribution in [0.2, 0.25) is 0 Å². The zero-order valence-electron chi connectivity index (χ0n) is 13.0. The first-order valence-corrected chi connectivity index (χ1v) is 7.45. The number of hydrogen-bond donors (Lipinski definition) is 2. The maximum Gasteiger partial charge on any atom is 0.330 e. The normalized spacial score (nSPS) is 11.7. The molecule has 0 saturated heterocycles. The van der Waals surface area contributed by atoms with Gasteiger partial charge < -0.3 is 10.4 Å². The molecule has 0 fully saturated rings. The second kappa shape index (κ2) is 6.96. The van der Waals surface area contributed by atoms with Gasteiger partial charge in [-0.1, -0.05) is 36.4 Å². The molecule has 0 radical (unpaired) electrons. The Kier molecular flexibility index (Phi) is 4.56. The number of carbonyl (C=O) groups excluding carboxylic acids is 1. The molecule has 0 aliphatic carbocycles. The number of aliphatic carboxylic acids is 1. The Labute approximate surface area is 142 Å². The van der Waals surface area contributed by atoms with Gasteiger partial charge in [-0.05, 0) is 29.8 Å². The second-order valence-electron chi connectivity index (χ2n) is 5.28. The van der Waals surface area contributed by atoms with E-state index < -0.39 is 23.7 Å². The van der Waals surface area contributed by atoms with Crippen molar-refractivity contribution in [2.75, 3.05) is 0 Å². The van der Waals surface area contributed by atoms with Crippen LogP contribution in [-0.4, -0.2) is 26.8 Å². The smallest absolute Gasteiger partial charge is 0.330 e. The van der Waals surface area contributed by atoms with E-state index in [1.54, 1.807) is 36.4 Å². The maximum absolute atomic E-state index is 13.3. The summed E-state index contributed by atoms with van der Waals surface area (Å²) in [5, 5.41) is 15.9. The van der Waals surface area contributed by atoms with E-state index in [-0.39, 0.29) is 5.69 Å². The molecule has 3 rings (SSSR count). The Morgan fingerprint density at radius 2 is 1.84 bits per heavy atom. The monoisotopic (exact) mass is 339 g/mol. The number of carboxylic acid groups (broad SMARTS) is 1. The first-order chi connectivity index (χ1) is 12.0. The molecule has 2 aromatic carbocycles. The predicted octanol–water partition coefficient (Wildman–Crippen LogP) is 2.57. The molecule has 6 nitrogen and oxygen atoms in total. The van der Waals surface area contributed by atoms with Gasteiger partial charge in [0, 0.05) is 6.20 Å². The Morgan fingerprint density at radius 1 is 1.08 bits per heavy atom. The second-order valence-corrected chi connectivity index (χ2v) is 5.28. The Morgan fingerprint density at radius 3 is 2.52 bits per heavy atom. The fourth-order valence-corrected chi connectivity index (χ4v) is 2.35. The molecule has 0 aliphatic heterocycles. The zero-order chi connectivity index (χ0) is 17.8. The van der Waals surface area contributed by atoms with Gasteiger partial charge in [-0.3, -0.25) is 4.79 Å². The number of nitrogens with one attached hydrogen (secondary N) is 1. The van der Waals surface area contributed by atoms with Crippen molar-refractivity contribution >= 4 is 11.9 Å². The van der Waals surface area contributed by atoms with Crippen LogP contribution >= 0.6 is 0 Å². The highest BCUT2D eigenvalue weighted by atomic mass is 19.1. The minimum atomic E-state index is -1.19. The first-order valence-electron chi connectivity index (χ1n) is 7.45. The fourth-order valence-electron chi connectivity index (χ4n) is 2.35. The molecule has 0 aliphatic rings. The summed E-state index contributed by atoms with van der Waals surface area (Å²) in [7, 11) is 0. The molecule has 1 heterocycles. The third kappa shape index (κ3) is 3.72. The lowest BCUT2D eigenvalue weighted by molar-refractivity contribution is -0.139. The molecule has 0 bridgehead atoms. The van der Waals surface area contributed by atoms with E-state index in [0.29, 0.717) is 11.3 Å². The van der Waals surface area contributed by atoms with Gasteiger partial charge in [-0.2, -0.15) is 5.10 Å². The summed E-state index contributed by atoms with van der Waals surface area (Å²) < 4.78 is 14.6. The van der Waals surface area contributed by atoms with Crippen LogP contribution in [0.25, 0.3) is 5.69 Å². The number of aromatic nitrogens is 2. The molecule has 0 saturated carbocycles. The summed E-state index contributed by atoms with van der Waals surface area (Å²) in [6, 6.07) is 14.4. The molecule has 1 amide bonds. The average Bonchev–Trinajstić information content (AvgIpc) is 3.10. The molecule has 7 heteroatoms. The van der Waals surface area contributed by atoms with Gasteiger partial charge in [-0.25, -0.2) is 13.9 Å². The van der Waals surface area contributed by atoms with Crippen LogP contribution in [0.3, 0.4) is 0 Å². The minimum Gasteiger partial charge on any atom is -0.479 e. The summed E-state index contributed by atoms with van der Waals surface area (Å²) in [6.07, 6.45) is 1.50. The molecule has 2 N–H and O–H groups in total. The van der Waals surface area contributed by atoms with E-state index in [0.717, 1.165) is 0 Å². The highest BCUT2D eigenvalue weighted by Crippen LogP contribution is 2.14. The summed E-state index contributed by atoms with van der Waals surface area (Å²) in [5.74, 6) is -2.23. The zero-order valence-corrected chi connectivity index (χ0v) is 13.0. The summed E-state index contributed by atoms with van der Waals surface area (Å²) in [6.45, 7) is 0. The molecule has 3 aromatic rings. The molecule has 126 valence electrons. The van der Waals surface area contributed by atoms with E-state index in [1.807, 2.05) is 0 Å². The number of hydrogen-bond acceptors (Lipinski definition) is 3. The van der Waals surface area contributed by atoms with Crippen molar-refractivity contribution in [3.63, 3.8) is 0 Å². The van der Waals surface area contributed by atoms with E-state index in [9.17, 15) is 19.1 Å². The van der Waals surface area contributed by atoms with Crippen LogP contribution in [0.5, 0.6) is 0 Å². The summed E-state index contributed by atoms with van der Waals surface area (Å²) in [4.78, 5) is 23.8. The van der Waals surface area contributed by atoms with Crippen molar-refractivity contribution < 1.29 is 19.1 Å². The van der Waals surface area contributed by atoms with Gasteiger partial charge in [0.1, 0.15) is 5.82 Å². The lowest BCUT2D eigenvalue weighted by Crippen LogP contribution is -2.34. The van der Waals surface area contributed by atoms with Crippen molar-refractivity contribution in [3.05, 3.63) is 83.9 Å². The highest BCUT2D eigenvalue weighted by molar-refractivity contribution is 5.95. The maximum atomic E-state index is 13.3. The van der Waals surface area contributed by atoms with Crippen molar-refractivity contribution in [1.29, 1.82) is 0 Å². The molecule has 1 atom stereocenters. The van der Waals surface area contributed by atoms with Gasteiger partial charge in [-0.15, -0.1) is 0 Å². The Hall–Kier alpha value is -3.48. The van der Waals surface area contributed by atoms with Gasteiger partial charge in [0.25, 0.3) is 5.91 Å². The lowest BCUT2D eigenvalue weighted by atomic mass is 10.1. The minimum absolute atomic E-state index is 0.0337. The number of amides is 1. The van der Waals surface area contributed by atoms with Crippen molar-refractivity contribution in [3.8, 4) is 5.69 Å². The van der Waals surface area contributed by atoms with E-state index in [1.165, 1.54) is 35.1 Å². The third-order valence-electron chi connectivity index (χ3n) is 3.55. The number of carbonyl (C=O) groups is 2. The van der Waals surface area contributed by atoms with Crippen LogP contribution in [0.1, 0.15) is 22.1 Å². The number of rotatable bonds is 5. The van der Waals surface area contributed by atoms with Gasteiger partial charge in [0.2, 0.25) is 0 Å². The van der Waals surface area contributed by atoms with E-state index >= 15 is 0 Å². The highest BCUT2D eigenvalue weighted by Gasteiger charge is 2.23. The van der Waals surface area contributed by atoms with E-state index in [2.05, 4.69) is 10.4 Å². The van der Waals surface area contributed by atoms with Crippen LogP contribution < -0.4 is 5.32 Å². The summed E-state index contributed by atoms with van der Waals surface area (Å²) >= 11 is 0. The van der Waals surface area contributed by atoms with Crippen molar-refractivity contribution in [2.24, 2.45) is 0 Å². The molecule has 1 aromatic heterocycles. The SMILES string of the molecule is O=C(N[C@H](C(=O)O)c1ccccc1)c1ccn(-c2cccc(F)c2)n1. The van der Waals surface area contributed by atoms with Crippen LogP contribution in [0, 0.1) is 5.82 Å². The van der Waals surface area contributed by atoms with Gasteiger partial charge in [0.15, 0.2) is 11.7 Å². The number of carboxylic acids is 1. The number of halogens is 1. The topological polar surface area (TPSA) is 84.2 Å². The first kappa shape index (κ1) is 16.4. The molecule has 0 spiro atoms. The van der Waals surface area contributed by atoms with Crippen LogP contribution in [0.15, 0.2) is 66.9 Å². The molecule has 0 unspecified atom stereocenters. The Balaban J connectivity index is 1.80. The predicted molar refractivity (Wildman–Crippen MR) is 87.8 cm³/mol. The standard InChI is InChI=1S/C18H14FN3O3/c19-13-7-4-8-14(11-13)22-10-9-15(21-22)17(23)20-16(18(24)25)12-5-2-1-3-6-12/h1-11,16H,(H,20,23)(H,24,25)/t16-/m0/s1. The van der Waals surface area contributed by atoms with Crippen molar-refractivity contribution in [1.82, 2.24) is 15.1 Å². The Bertz CT molecular complexity index is 909. The average molecular weight is 339 g/mol. The van der Waals surface area contributed by atoms with Gasteiger partial charge >= 0.3 is 5.97 Å². The lowest BCUT2D eigenvalue weighted by Gasteiger charge is -2.13. The van der Waals surface area contributed by atoms with Crippen LogP contribution in [-0.2, 0) is 4.79 Å². The molecular weight excluding hydrogens is 325 g/mol. The third-order valence-corrected chi connectivity index (χ3v) is 3.55. The quantitative estimate of drug-likeness (QED) is 0.748. The van der Waals surface area contributed by atoms with Crippen LogP contribution in [0.4, 0.5) is 4.39 Å². The number of nitrogens with zero attached hydrogens (tertiary/aromatic N) is 2. The molecule has 25 heavy (non-hydrogen) atoms. The van der Waals surface area contributed by atoms with E-state index in [4.69, 9.17) is 0 Å². The molecular formula is C18H14FN3O3. The largest absolute Gasteiger partial charge is 0.479 e. The fraction of sp³-hybridized carbons (Fsp3) is 0.0556.